The fraction of sp³-hybridized carbons (Fsp3) is 0.571. The summed E-state index contributed by atoms with van der Waals surface area (Å²) in [6.45, 7) is 1.56. The fourth-order valence-electron chi connectivity index (χ4n) is 2.30. The van der Waals surface area contributed by atoms with E-state index in [1.165, 1.54) is 7.11 Å². The van der Waals surface area contributed by atoms with Crippen molar-refractivity contribution in [2.45, 2.75) is 19.4 Å². The van der Waals surface area contributed by atoms with Crippen molar-refractivity contribution >= 4 is 0 Å². The summed E-state index contributed by atoms with van der Waals surface area (Å²) >= 11 is 0. The summed E-state index contributed by atoms with van der Waals surface area (Å²) in [7, 11) is 3.42. The second kappa shape index (κ2) is 5.24. The lowest BCUT2D eigenvalue weighted by Gasteiger charge is -2.22. The van der Waals surface area contributed by atoms with Crippen molar-refractivity contribution in [3.63, 3.8) is 0 Å². The highest BCUT2D eigenvalue weighted by Gasteiger charge is 2.42. The molecular weight excluding hydrogens is 233 g/mol. The minimum atomic E-state index is -0.291. The lowest BCUT2D eigenvalue weighted by Crippen LogP contribution is -2.28. The van der Waals surface area contributed by atoms with Gasteiger partial charge in [-0.05, 0) is 26.0 Å². The van der Waals surface area contributed by atoms with Crippen LogP contribution in [0, 0.1) is 11.2 Å². The largest absolute Gasteiger partial charge is 0.494 e. The lowest BCUT2D eigenvalue weighted by atomic mass is 10.1. The van der Waals surface area contributed by atoms with Crippen LogP contribution in [0.25, 0.3) is 0 Å². The molecule has 18 heavy (non-hydrogen) atoms. The Balaban J connectivity index is 2.00. The molecule has 1 aliphatic rings. The molecule has 0 atom stereocenters. The third-order valence-electron chi connectivity index (χ3n) is 3.60. The average molecular weight is 253 g/mol. The number of rotatable bonds is 6. The van der Waals surface area contributed by atoms with Crippen LogP contribution in [0.3, 0.4) is 0 Å². The maximum absolute atomic E-state index is 14.0. The summed E-state index contributed by atoms with van der Waals surface area (Å²) in [6.07, 6.45) is 2.13. The van der Waals surface area contributed by atoms with E-state index in [0.29, 0.717) is 12.1 Å². The van der Waals surface area contributed by atoms with Crippen molar-refractivity contribution in [3.8, 4) is 5.75 Å². The summed E-state index contributed by atoms with van der Waals surface area (Å²) in [5.74, 6) is -0.00936. The highest BCUT2D eigenvalue weighted by atomic mass is 19.1. The van der Waals surface area contributed by atoms with Gasteiger partial charge < -0.3 is 14.7 Å². The second-order valence-corrected chi connectivity index (χ2v) is 5.26. The normalized spacial score (nSPS) is 16.9. The first-order valence-corrected chi connectivity index (χ1v) is 6.21. The number of methoxy groups -OCH3 is 1. The van der Waals surface area contributed by atoms with Crippen molar-refractivity contribution in [1.82, 2.24) is 4.90 Å². The van der Waals surface area contributed by atoms with Crippen molar-refractivity contribution < 1.29 is 14.2 Å². The van der Waals surface area contributed by atoms with Crippen LogP contribution in [0.15, 0.2) is 18.2 Å². The molecule has 0 aliphatic heterocycles. The van der Waals surface area contributed by atoms with Gasteiger partial charge in [-0.1, -0.05) is 12.1 Å². The molecule has 0 amide bonds. The van der Waals surface area contributed by atoms with Crippen LogP contribution < -0.4 is 4.74 Å². The minimum Gasteiger partial charge on any atom is -0.494 e. The quantitative estimate of drug-likeness (QED) is 0.842. The molecule has 3 nitrogen and oxygen atoms in total. The van der Waals surface area contributed by atoms with E-state index in [0.717, 1.165) is 19.4 Å². The Labute approximate surface area is 107 Å². The summed E-state index contributed by atoms with van der Waals surface area (Å²) in [5, 5.41) is 9.29. The van der Waals surface area contributed by atoms with E-state index in [2.05, 4.69) is 4.90 Å². The zero-order valence-corrected chi connectivity index (χ0v) is 10.9. The Hall–Kier alpha value is -1.13. The van der Waals surface area contributed by atoms with Gasteiger partial charge in [0.1, 0.15) is 0 Å². The Bertz CT molecular complexity index is 418. The van der Waals surface area contributed by atoms with Gasteiger partial charge in [0.05, 0.1) is 7.11 Å². The predicted molar refractivity (Wildman–Crippen MR) is 68.0 cm³/mol. The zero-order chi connectivity index (χ0) is 13.2. The van der Waals surface area contributed by atoms with Gasteiger partial charge in [0.25, 0.3) is 0 Å². The molecule has 0 spiro atoms. The molecule has 0 unspecified atom stereocenters. The van der Waals surface area contributed by atoms with Crippen LogP contribution in [0.2, 0.25) is 0 Å². The molecule has 1 aromatic carbocycles. The van der Waals surface area contributed by atoms with Crippen LogP contribution in [0.4, 0.5) is 4.39 Å². The van der Waals surface area contributed by atoms with Crippen LogP contribution in [0.5, 0.6) is 5.75 Å². The second-order valence-electron chi connectivity index (χ2n) is 5.26. The third kappa shape index (κ3) is 2.82. The van der Waals surface area contributed by atoms with Gasteiger partial charge in [0.15, 0.2) is 11.6 Å². The molecule has 1 aliphatic carbocycles. The smallest absolute Gasteiger partial charge is 0.169 e. The summed E-state index contributed by atoms with van der Waals surface area (Å²) in [6, 6.07) is 5.19. The molecule has 2 rings (SSSR count). The summed E-state index contributed by atoms with van der Waals surface area (Å²) < 4.78 is 18.9. The van der Waals surface area contributed by atoms with E-state index >= 15 is 0 Å². The highest BCUT2D eigenvalue weighted by molar-refractivity contribution is 5.31. The van der Waals surface area contributed by atoms with Crippen molar-refractivity contribution in [1.29, 1.82) is 0 Å². The highest BCUT2D eigenvalue weighted by Crippen LogP contribution is 2.45. The number of halogens is 1. The van der Waals surface area contributed by atoms with E-state index in [1.807, 2.05) is 7.05 Å². The first-order chi connectivity index (χ1) is 8.60. The number of ether oxygens (including phenoxy) is 1. The SMILES string of the molecule is COc1cccc(CN(C)CC2(CO)CC2)c1F. The molecule has 1 N–H and O–H groups in total. The number of aliphatic hydroxyl groups is 1. The predicted octanol–water partition coefficient (Wildman–Crippen LogP) is 2.04. The van der Waals surface area contributed by atoms with Crippen LogP contribution in [-0.4, -0.2) is 37.3 Å². The van der Waals surface area contributed by atoms with Crippen molar-refractivity contribution in [2.24, 2.45) is 5.41 Å². The molecule has 0 aromatic heterocycles. The molecule has 1 aromatic rings. The Morgan fingerprint density at radius 1 is 1.44 bits per heavy atom. The number of benzene rings is 1. The standard InChI is InChI=1S/C14H20FNO2/c1-16(9-14(10-17)6-7-14)8-11-4-3-5-12(18-2)13(11)15/h3-5,17H,6-10H2,1-2H3. The zero-order valence-electron chi connectivity index (χ0n) is 10.9. The first kappa shape index (κ1) is 13.3. The van der Waals surface area contributed by atoms with Crippen molar-refractivity contribution in [2.75, 3.05) is 27.3 Å². The summed E-state index contributed by atoms with van der Waals surface area (Å²) in [5.41, 5.74) is 0.690. The molecule has 0 heterocycles. The molecule has 100 valence electrons. The van der Waals surface area contributed by atoms with E-state index in [4.69, 9.17) is 4.74 Å². The van der Waals surface area contributed by atoms with Crippen LogP contribution in [-0.2, 0) is 6.54 Å². The van der Waals surface area contributed by atoms with Crippen LogP contribution in [0.1, 0.15) is 18.4 Å². The van der Waals surface area contributed by atoms with E-state index in [9.17, 15) is 9.50 Å². The molecule has 4 heteroatoms. The number of aliphatic hydroxyl groups excluding tert-OH is 1. The van der Waals surface area contributed by atoms with Gasteiger partial charge in [0, 0.05) is 30.7 Å². The van der Waals surface area contributed by atoms with Gasteiger partial charge in [-0.3, -0.25) is 0 Å². The molecular formula is C14H20FNO2. The topological polar surface area (TPSA) is 32.7 Å². The Kier molecular flexibility index (Phi) is 3.88. The van der Waals surface area contributed by atoms with Gasteiger partial charge in [0.2, 0.25) is 0 Å². The monoisotopic (exact) mass is 253 g/mol. The maximum Gasteiger partial charge on any atom is 0.169 e. The van der Waals surface area contributed by atoms with Gasteiger partial charge in [-0.15, -0.1) is 0 Å². The number of hydrogen-bond acceptors (Lipinski definition) is 3. The summed E-state index contributed by atoms with van der Waals surface area (Å²) in [4.78, 5) is 2.06. The third-order valence-corrected chi connectivity index (χ3v) is 3.60. The minimum absolute atomic E-state index is 0.0596. The first-order valence-electron chi connectivity index (χ1n) is 6.21. The molecule has 0 saturated heterocycles. The van der Waals surface area contributed by atoms with Gasteiger partial charge in [-0.25, -0.2) is 4.39 Å². The Morgan fingerprint density at radius 3 is 2.72 bits per heavy atom. The Morgan fingerprint density at radius 2 is 2.17 bits per heavy atom. The molecule has 1 saturated carbocycles. The van der Waals surface area contributed by atoms with E-state index in [-0.39, 0.29) is 23.6 Å². The van der Waals surface area contributed by atoms with E-state index < -0.39 is 0 Å². The average Bonchev–Trinajstić information content (AvgIpc) is 3.12. The maximum atomic E-state index is 14.0. The lowest BCUT2D eigenvalue weighted by molar-refractivity contribution is 0.160. The van der Waals surface area contributed by atoms with Crippen LogP contribution >= 0.6 is 0 Å². The molecule has 0 bridgehead atoms. The van der Waals surface area contributed by atoms with E-state index in [1.54, 1.807) is 18.2 Å². The van der Waals surface area contributed by atoms with Crippen molar-refractivity contribution in [3.05, 3.63) is 29.6 Å². The number of hydrogen-bond donors (Lipinski definition) is 1. The fourth-order valence-corrected chi connectivity index (χ4v) is 2.30. The van der Waals surface area contributed by atoms with Gasteiger partial charge >= 0.3 is 0 Å². The molecule has 1 fully saturated rings. The molecule has 0 radical (unpaired) electrons. The number of nitrogens with zero attached hydrogens (tertiary/aromatic N) is 1. The van der Waals surface area contributed by atoms with Gasteiger partial charge in [-0.2, -0.15) is 0 Å².